The van der Waals surface area contributed by atoms with Crippen LogP contribution in [0.25, 0.3) is 16.6 Å². The number of benzene rings is 1. The smallest absolute Gasteiger partial charge is 0.273 e. The lowest BCUT2D eigenvalue weighted by Crippen LogP contribution is -2.30. The summed E-state index contributed by atoms with van der Waals surface area (Å²) < 4.78 is 7.00. The quantitative estimate of drug-likeness (QED) is 0.786. The lowest BCUT2D eigenvalue weighted by Gasteiger charge is -2.09. The molecule has 1 saturated heterocycles. The summed E-state index contributed by atoms with van der Waals surface area (Å²) in [5, 5.41) is 12.2. The summed E-state index contributed by atoms with van der Waals surface area (Å²) in [4.78, 5) is 16.9. The highest BCUT2D eigenvalue weighted by Gasteiger charge is 2.21. The average Bonchev–Trinajstić information content (AvgIpc) is 3.29. The van der Waals surface area contributed by atoms with Gasteiger partial charge >= 0.3 is 0 Å². The van der Waals surface area contributed by atoms with Gasteiger partial charge in [0.15, 0.2) is 5.69 Å². The Bertz CT molecular complexity index is 909. The molecule has 7 heteroatoms. The van der Waals surface area contributed by atoms with Crippen molar-refractivity contribution < 1.29 is 9.53 Å². The topological polar surface area (TPSA) is 81.9 Å². The SMILES string of the molecule is Cc1c(C(=O)NC[C@@H]2CCOC2)nnn1-c1cccc2cccnc12. The summed E-state index contributed by atoms with van der Waals surface area (Å²) in [6, 6.07) is 9.76. The molecule has 2 aromatic heterocycles. The van der Waals surface area contributed by atoms with Crippen molar-refractivity contribution in [1.82, 2.24) is 25.3 Å². The van der Waals surface area contributed by atoms with Gasteiger partial charge in [-0.15, -0.1) is 5.10 Å². The van der Waals surface area contributed by atoms with Gasteiger partial charge in [-0.2, -0.15) is 0 Å². The molecule has 1 aliphatic heterocycles. The monoisotopic (exact) mass is 337 g/mol. The van der Waals surface area contributed by atoms with Crippen LogP contribution in [0.5, 0.6) is 0 Å². The molecule has 25 heavy (non-hydrogen) atoms. The zero-order valence-electron chi connectivity index (χ0n) is 14.0. The van der Waals surface area contributed by atoms with Gasteiger partial charge in [0.1, 0.15) is 0 Å². The van der Waals surface area contributed by atoms with Gasteiger partial charge in [0, 0.05) is 30.7 Å². The molecule has 4 rings (SSSR count). The molecule has 7 nitrogen and oxygen atoms in total. The number of aromatic nitrogens is 4. The Morgan fingerprint density at radius 3 is 3.08 bits per heavy atom. The van der Waals surface area contributed by atoms with Crippen molar-refractivity contribution in [1.29, 1.82) is 0 Å². The Morgan fingerprint density at radius 1 is 1.36 bits per heavy atom. The second-order valence-electron chi connectivity index (χ2n) is 6.23. The highest BCUT2D eigenvalue weighted by molar-refractivity contribution is 5.93. The van der Waals surface area contributed by atoms with Crippen molar-refractivity contribution in [3.63, 3.8) is 0 Å². The Balaban J connectivity index is 1.61. The van der Waals surface area contributed by atoms with E-state index in [1.165, 1.54) is 0 Å². The third-order valence-corrected chi connectivity index (χ3v) is 4.52. The van der Waals surface area contributed by atoms with E-state index in [-0.39, 0.29) is 5.91 Å². The van der Waals surface area contributed by atoms with Gasteiger partial charge in [0.25, 0.3) is 5.91 Å². The second kappa shape index (κ2) is 6.60. The van der Waals surface area contributed by atoms with Crippen molar-refractivity contribution in [2.24, 2.45) is 5.92 Å². The van der Waals surface area contributed by atoms with E-state index in [2.05, 4.69) is 20.6 Å². The average molecular weight is 337 g/mol. The van der Waals surface area contributed by atoms with Gasteiger partial charge < -0.3 is 10.1 Å². The van der Waals surface area contributed by atoms with Crippen LogP contribution in [-0.4, -0.2) is 45.6 Å². The molecule has 1 fully saturated rings. The Labute approximate surface area is 145 Å². The predicted molar refractivity (Wildman–Crippen MR) is 92.7 cm³/mol. The van der Waals surface area contributed by atoms with Crippen molar-refractivity contribution in [3.05, 3.63) is 47.9 Å². The molecule has 1 amide bonds. The van der Waals surface area contributed by atoms with Crippen LogP contribution in [0.1, 0.15) is 22.6 Å². The molecular weight excluding hydrogens is 318 g/mol. The van der Waals surface area contributed by atoms with Crippen molar-refractivity contribution in [2.45, 2.75) is 13.3 Å². The molecule has 1 N–H and O–H groups in total. The first kappa shape index (κ1) is 15.7. The third-order valence-electron chi connectivity index (χ3n) is 4.52. The van der Waals surface area contributed by atoms with Crippen molar-refractivity contribution >= 4 is 16.8 Å². The molecule has 0 unspecified atom stereocenters. The molecule has 0 bridgehead atoms. The number of para-hydroxylation sites is 1. The first-order chi connectivity index (χ1) is 12.2. The highest BCUT2D eigenvalue weighted by Crippen LogP contribution is 2.21. The minimum absolute atomic E-state index is 0.205. The fourth-order valence-corrected chi connectivity index (χ4v) is 3.09. The van der Waals surface area contributed by atoms with Crippen molar-refractivity contribution in [3.8, 4) is 5.69 Å². The molecule has 1 aliphatic rings. The summed E-state index contributed by atoms with van der Waals surface area (Å²) in [5.41, 5.74) is 2.67. The van der Waals surface area contributed by atoms with E-state index < -0.39 is 0 Å². The van der Waals surface area contributed by atoms with Gasteiger partial charge in [0.2, 0.25) is 0 Å². The van der Waals surface area contributed by atoms with Crippen molar-refractivity contribution in [2.75, 3.05) is 19.8 Å². The summed E-state index contributed by atoms with van der Waals surface area (Å²) >= 11 is 0. The van der Waals surface area contributed by atoms with Crippen LogP contribution in [0.2, 0.25) is 0 Å². The number of nitrogens with one attached hydrogen (secondary N) is 1. The number of amides is 1. The molecule has 0 radical (unpaired) electrons. The zero-order valence-corrected chi connectivity index (χ0v) is 14.0. The van der Waals surface area contributed by atoms with E-state index in [4.69, 9.17) is 4.74 Å². The van der Waals surface area contributed by atoms with Gasteiger partial charge in [-0.1, -0.05) is 23.4 Å². The molecule has 1 atom stereocenters. The normalized spacial score (nSPS) is 17.1. The molecule has 128 valence electrons. The number of carbonyl (C=O) groups excluding carboxylic acids is 1. The zero-order chi connectivity index (χ0) is 17.2. The van der Waals surface area contributed by atoms with E-state index >= 15 is 0 Å². The first-order valence-corrected chi connectivity index (χ1v) is 8.36. The lowest BCUT2D eigenvalue weighted by molar-refractivity contribution is 0.0939. The largest absolute Gasteiger partial charge is 0.381 e. The first-order valence-electron chi connectivity index (χ1n) is 8.36. The summed E-state index contributed by atoms with van der Waals surface area (Å²) in [6.07, 6.45) is 2.73. The van der Waals surface area contributed by atoms with Crippen LogP contribution >= 0.6 is 0 Å². The van der Waals surface area contributed by atoms with Crippen LogP contribution in [0.4, 0.5) is 0 Å². The Kier molecular flexibility index (Phi) is 4.15. The summed E-state index contributed by atoms with van der Waals surface area (Å²) in [6.45, 7) is 3.91. The molecule has 0 aliphatic carbocycles. The number of hydrogen-bond donors (Lipinski definition) is 1. The number of hydrogen-bond acceptors (Lipinski definition) is 5. The van der Waals surface area contributed by atoms with Crippen LogP contribution in [0.3, 0.4) is 0 Å². The fraction of sp³-hybridized carbons (Fsp3) is 0.333. The van der Waals surface area contributed by atoms with E-state index in [0.717, 1.165) is 29.6 Å². The molecular formula is C18H19N5O2. The molecule has 1 aromatic carbocycles. The number of ether oxygens (including phenoxy) is 1. The van der Waals surface area contributed by atoms with Crippen LogP contribution in [-0.2, 0) is 4.74 Å². The van der Waals surface area contributed by atoms with E-state index in [1.54, 1.807) is 10.9 Å². The standard InChI is InChI=1S/C18H19N5O2/c1-12-16(18(24)20-10-13-7-9-25-11-13)21-22-23(12)15-6-2-4-14-5-3-8-19-17(14)15/h2-6,8,13H,7,9-11H2,1H3,(H,20,24)/t13-/m0/s1. The maximum atomic E-state index is 12.4. The number of nitrogens with zero attached hydrogens (tertiary/aromatic N) is 4. The van der Waals surface area contributed by atoms with Gasteiger partial charge in [-0.25, -0.2) is 4.68 Å². The Morgan fingerprint density at radius 2 is 2.24 bits per heavy atom. The molecule has 3 heterocycles. The van der Waals surface area contributed by atoms with Crippen LogP contribution in [0, 0.1) is 12.8 Å². The predicted octanol–water partition coefficient (Wildman–Crippen LogP) is 1.89. The lowest BCUT2D eigenvalue weighted by atomic mass is 10.1. The molecule has 0 saturated carbocycles. The molecule has 3 aromatic rings. The summed E-state index contributed by atoms with van der Waals surface area (Å²) in [5.74, 6) is 0.172. The number of rotatable bonds is 4. The maximum absolute atomic E-state index is 12.4. The molecule has 0 spiro atoms. The van der Waals surface area contributed by atoms with Crippen LogP contribution in [0.15, 0.2) is 36.5 Å². The summed E-state index contributed by atoms with van der Waals surface area (Å²) in [7, 11) is 0. The van der Waals surface area contributed by atoms with Crippen LogP contribution < -0.4 is 5.32 Å². The second-order valence-corrected chi connectivity index (χ2v) is 6.23. The number of fused-ring (bicyclic) bond motifs is 1. The highest BCUT2D eigenvalue weighted by atomic mass is 16.5. The van der Waals surface area contributed by atoms with E-state index in [9.17, 15) is 4.79 Å². The Hall–Kier alpha value is -2.80. The van der Waals surface area contributed by atoms with Gasteiger partial charge in [-0.3, -0.25) is 9.78 Å². The minimum Gasteiger partial charge on any atom is -0.381 e. The number of pyridine rings is 1. The van der Waals surface area contributed by atoms with E-state index in [1.807, 2.05) is 37.3 Å². The maximum Gasteiger partial charge on any atom is 0.273 e. The number of carbonyl (C=O) groups is 1. The fourth-order valence-electron chi connectivity index (χ4n) is 3.09. The van der Waals surface area contributed by atoms with Gasteiger partial charge in [0.05, 0.1) is 23.5 Å². The van der Waals surface area contributed by atoms with Gasteiger partial charge in [-0.05, 0) is 25.5 Å². The minimum atomic E-state index is -0.205. The third kappa shape index (κ3) is 2.98. The van der Waals surface area contributed by atoms with E-state index in [0.29, 0.717) is 30.5 Å².